The van der Waals surface area contributed by atoms with Gasteiger partial charge in [-0.25, -0.2) is 9.97 Å². The molecule has 0 aliphatic carbocycles. The fourth-order valence-electron chi connectivity index (χ4n) is 4.92. The van der Waals surface area contributed by atoms with Gasteiger partial charge in [0.05, 0.1) is 24.1 Å². The van der Waals surface area contributed by atoms with Crippen LogP contribution < -0.4 is 10.6 Å². The second-order valence-corrected chi connectivity index (χ2v) is 8.83. The first-order valence-corrected chi connectivity index (χ1v) is 10.6. The Bertz CT molecular complexity index is 1060. The third-order valence-electron chi connectivity index (χ3n) is 6.70. The summed E-state index contributed by atoms with van der Waals surface area (Å²) in [7, 11) is 0. The monoisotopic (exact) mass is 411 g/mol. The highest BCUT2D eigenvalue weighted by Crippen LogP contribution is 2.42. The molecule has 0 saturated carbocycles. The van der Waals surface area contributed by atoms with Gasteiger partial charge in [0, 0.05) is 47.5 Å². The first kappa shape index (κ1) is 18.9. The SMILES string of the molecule is Cc1nc(N2CCC3(CC2)CO[C@@H](C)[C@H]3N)c2nccn2c1-c1cccc(Cl)c1. The average Bonchev–Trinajstić information content (AvgIpc) is 3.30. The molecule has 0 bridgehead atoms. The number of aryl methyl sites for hydroxylation is 1. The Balaban J connectivity index is 1.50. The fraction of sp³-hybridized carbons (Fsp3) is 0.455. The van der Waals surface area contributed by atoms with Crippen molar-refractivity contribution in [3.63, 3.8) is 0 Å². The highest BCUT2D eigenvalue weighted by atomic mass is 35.5. The van der Waals surface area contributed by atoms with Crippen LogP contribution in [0.3, 0.4) is 0 Å². The largest absolute Gasteiger partial charge is 0.376 e. The molecule has 5 rings (SSSR count). The van der Waals surface area contributed by atoms with Crippen molar-refractivity contribution in [1.29, 1.82) is 0 Å². The van der Waals surface area contributed by atoms with Crippen molar-refractivity contribution in [1.82, 2.24) is 14.4 Å². The lowest BCUT2D eigenvalue weighted by Gasteiger charge is -2.41. The third-order valence-corrected chi connectivity index (χ3v) is 6.94. The molecule has 4 heterocycles. The number of anilines is 1. The van der Waals surface area contributed by atoms with Crippen LogP contribution in [0.2, 0.25) is 5.02 Å². The lowest BCUT2D eigenvalue weighted by atomic mass is 9.73. The molecule has 2 aromatic heterocycles. The predicted octanol–water partition coefficient (Wildman–Crippen LogP) is 3.69. The summed E-state index contributed by atoms with van der Waals surface area (Å²) in [4.78, 5) is 12.0. The molecule has 1 spiro atoms. The quantitative estimate of drug-likeness (QED) is 0.696. The first-order valence-electron chi connectivity index (χ1n) is 10.2. The Kier molecular flexibility index (Phi) is 4.53. The molecule has 2 aliphatic rings. The molecule has 2 aliphatic heterocycles. The number of aromatic nitrogens is 3. The molecule has 3 aromatic rings. The summed E-state index contributed by atoms with van der Waals surface area (Å²) >= 11 is 6.23. The maximum atomic E-state index is 6.48. The minimum absolute atomic E-state index is 0.0946. The normalized spacial score (nSPS) is 23.9. The van der Waals surface area contributed by atoms with Crippen LogP contribution in [0.15, 0.2) is 36.7 Å². The van der Waals surface area contributed by atoms with Crippen LogP contribution in [0.5, 0.6) is 0 Å². The zero-order valence-corrected chi connectivity index (χ0v) is 17.6. The highest BCUT2D eigenvalue weighted by Gasteiger charge is 2.47. The first-order chi connectivity index (χ1) is 14.0. The zero-order valence-electron chi connectivity index (χ0n) is 16.8. The molecule has 152 valence electrons. The van der Waals surface area contributed by atoms with Crippen LogP contribution in [0.4, 0.5) is 5.82 Å². The van der Waals surface area contributed by atoms with Gasteiger partial charge in [-0.3, -0.25) is 4.40 Å². The van der Waals surface area contributed by atoms with Crippen LogP contribution >= 0.6 is 11.6 Å². The highest BCUT2D eigenvalue weighted by molar-refractivity contribution is 6.30. The Morgan fingerprint density at radius 1 is 1.28 bits per heavy atom. The van der Waals surface area contributed by atoms with Gasteiger partial charge in [-0.15, -0.1) is 0 Å². The maximum Gasteiger partial charge on any atom is 0.180 e. The van der Waals surface area contributed by atoms with E-state index in [1.807, 2.05) is 37.5 Å². The van der Waals surface area contributed by atoms with Gasteiger partial charge in [0.15, 0.2) is 11.5 Å². The van der Waals surface area contributed by atoms with Gasteiger partial charge in [0.2, 0.25) is 0 Å². The van der Waals surface area contributed by atoms with E-state index in [9.17, 15) is 0 Å². The van der Waals surface area contributed by atoms with E-state index in [1.54, 1.807) is 0 Å². The number of nitrogens with two attached hydrogens (primary N) is 1. The summed E-state index contributed by atoms with van der Waals surface area (Å²) in [6.07, 6.45) is 6.00. The van der Waals surface area contributed by atoms with Crippen molar-refractivity contribution in [3.05, 3.63) is 47.4 Å². The van der Waals surface area contributed by atoms with Crippen molar-refractivity contribution in [2.24, 2.45) is 11.1 Å². The number of imidazole rings is 1. The van der Waals surface area contributed by atoms with Crippen LogP contribution in [-0.2, 0) is 4.74 Å². The van der Waals surface area contributed by atoms with Crippen molar-refractivity contribution in [3.8, 4) is 11.3 Å². The molecule has 2 N–H and O–H groups in total. The maximum absolute atomic E-state index is 6.48. The van der Waals surface area contributed by atoms with Crippen molar-refractivity contribution in [2.75, 3.05) is 24.6 Å². The summed E-state index contributed by atoms with van der Waals surface area (Å²) in [5.41, 5.74) is 10.5. The summed E-state index contributed by atoms with van der Waals surface area (Å²) < 4.78 is 7.99. The van der Waals surface area contributed by atoms with Gasteiger partial charge in [-0.05, 0) is 38.8 Å². The minimum atomic E-state index is 0.0946. The Labute approximate surface area is 175 Å². The number of halogens is 1. The Morgan fingerprint density at radius 2 is 2.07 bits per heavy atom. The van der Waals surface area contributed by atoms with Gasteiger partial charge in [-0.1, -0.05) is 23.7 Å². The van der Waals surface area contributed by atoms with Crippen LogP contribution in [0, 0.1) is 12.3 Å². The molecule has 2 saturated heterocycles. The topological polar surface area (TPSA) is 68.7 Å². The number of benzene rings is 1. The molecule has 1 aromatic carbocycles. The van der Waals surface area contributed by atoms with Crippen LogP contribution in [0.25, 0.3) is 16.9 Å². The van der Waals surface area contributed by atoms with E-state index in [0.717, 1.165) is 61.0 Å². The van der Waals surface area contributed by atoms with Crippen LogP contribution in [0.1, 0.15) is 25.5 Å². The van der Waals surface area contributed by atoms with E-state index < -0.39 is 0 Å². The number of hydrogen-bond acceptors (Lipinski definition) is 5. The van der Waals surface area contributed by atoms with Gasteiger partial charge in [0.25, 0.3) is 0 Å². The number of piperidine rings is 1. The number of fused-ring (bicyclic) bond motifs is 1. The Hall–Kier alpha value is -2.15. The van der Waals surface area contributed by atoms with Crippen molar-refractivity contribution >= 4 is 23.1 Å². The van der Waals surface area contributed by atoms with Gasteiger partial charge in [-0.2, -0.15) is 0 Å². The summed E-state index contributed by atoms with van der Waals surface area (Å²) in [6.45, 7) is 6.72. The molecular formula is C22H26ClN5O. The van der Waals surface area contributed by atoms with Gasteiger partial charge in [0.1, 0.15) is 0 Å². The fourth-order valence-corrected chi connectivity index (χ4v) is 5.11. The average molecular weight is 412 g/mol. The molecule has 29 heavy (non-hydrogen) atoms. The molecule has 0 amide bonds. The van der Waals surface area contributed by atoms with Crippen molar-refractivity contribution in [2.45, 2.75) is 38.8 Å². The molecule has 0 unspecified atom stereocenters. The van der Waals surface area contributed by atoms with Gasteiger partial charge < -0.3 is 15.4 Å². The second kappa shape index (κ2) is 6.97. The molecule has 0 radical (unpaired) electrons. The summed E-state index contributed by atoms with van der Waals surface area (Å²) in [6, 6.07) is 7.98. The number of rotatable bonds is 2. The van der Waals surface area contributed by atoms with Crippen LogP contribution in [-0.4, -0.2) is 46.2 Å². The minimum Gasteiger partial charge on any atom is -0.376 e. The molecule has 2 atom stereocenters. The zero-order chi connectivity index (χ0) is 20.2. The molecule has 6 nitrogen and oxygen atoms in total. The lowest BCUT2D eigenvalue weighted by Crippen LogP contribution is -2.50. The standard InChI is InChI=1S/C22H26ClN5O/c1-14-18(16-4-3-5-17(23)12-16)28-11-8-25-20(28)21(26-14)27-9-6-22(7-10-27)13-29-15(2)19(22)24/h3-5,8,11-12,15,19H,6-7,9-10,13,24H2,1-2H3/t15-,19+/m0/s1. The van der Waals surface area contributed by atoms with E-state index in [0.29, 0.717) is 5.02 Å². The van der Waals surface area contributed by atoms with E-state index in [-0.39, 0.29) is 17.6 Å². The van der Waals surface area contributed by atoms with E-state index >= 15 is 0 Å². The number of nitrogens with zero attached hydrogens (tertiary/aromatic N) is 4. The van der Waals surface area contributed by atoms with E-state index in [1.165, 1.54) is 0 Å². The molecule has 2 fully saturated rings. The molecule has 7 heteroatoms. The van der Waals surface area contributed by atoms with E-state index in [2.05, 4.69) is 27.3 Å². The third kappa shape index (κ3) is 3.01. The predicted molar refractivity (Wildman–Crippen MR) is 115 cm³/mol. The number of hydrogen-bond donors (Lipinski definition) is 1. The second-order valence-electron chi connectivity index (χ2n) is 8.39. The Morgan fingerprint density at radius 3 is 2.76 bits per heavy atom. The number of ether oxygens (including phenoxy) is 1. The van der Waals surface area contributed by atoms with Crippen molar-refractivity contribution < 1.29 is 4.74 Å². The van der Waals surface area contributed by atoms with Gasteiger partial charge >= 0.3 is 0 Å². The summed E-state index contributed by atoms with van der Waals surface area (Å²) in [5.74, 6) is 0.939. The summed E-state index contributed by atoms with van der Waals surface area (Å²) in [5, 5.41) is 0.713. The molecular weight excluding hydrogens is 386 g/mol. The van der Waals surface area contributed by atoms with E-state index in [4.69, 9.17) is 27.1 Å². The smallest absolute Gasteiger partial charge is 0.180 e. The lowest BCUT2D eigenvalue weighted by molar-refractivity contribution is 0.0974.